The van der Waals surface area contributed by atoms with E-state index in [4.69, 9.17) is 66.2 Å². The molecule has 16 nitrogen and oxygen atoms in total. The molecule has 14 rings (SSSR count). The molecule has 29 heteroatoms. The molecule has 0 aliphatic heterocycles. The Labute approximate surface area is 780 Å². The Kier molecular flexibility index (Phi) is 45.4. The van der Waals surface area contributed by atoms with Gasteiger partial charge in [-0.05, 0) is 183 Å². The lowest BCUT2D eigenvalue weighted by Gasteiger charge is -2.11. The molecule has 0 saturated carbocycles. The average Bonchev–Trinajstić information content (AvgIpc) is 0.859. The molecule has 0 saturated heterocycles. The fraction of sp³-hybridized carbons (Fsp3) is 0.122. The third kappa shape index (κ3) is 38.0. The number of halogens is 11. The largest absolute Gasteiger partial charge is 0.505 e. The van der Waals surface area contributed by atoms with E-state index in [1.807, 2.05) is 264 Å². The Morgan fingerprint density at radius 3 is 1.17 bits per heavy atom. The van der Waals surface area contributed by atoms with Crippen LogP contribution in [0.5, 0.6) is 51.9 Å². The van der Waals surface area contributed by atoms with Crippen molar-refractivity contribution in [3.8, 4) is 51.9 Å². The number of benzene rings is 9. The van der Waals surface area contributed by atoms with E-state index in [0.717, 1.165) is 101 Å². The van der Waals surface area contributed by atoms with Gasteiger partial charge in [0.2, 0.25) is 28.9 Å². The average molecular weight is 2270 g/mol. The van der Waals surface area contributed by atoms with Crippen LogP contribution in [0.4, 0.5) is 13.2 Å². The third-order valence-electron chi connectivity index (χ3n) is 15.4. The SMILES string of the molecule is BrCc1ccccc1.COc1ccc(COc2cc(I)c(OCc3ccccc3)cn2)cc1.COc1ccc(CS)cc1.COc1ccc(CSc2cc(=O)[nH]cc2OCc2ccccc2)cc1.Fc1c(Cl)cc(Br)cc1Cl.Fc1cc(I)c(OCc2ccccc2)cn1.O=c1cc(I)c(OCc2ccccc2)c[nH]1.Oc1cnc(F)cc1I. The number of aromatic amines is 2. The number of hydrogen-bond donors (Lipinski definition) is 4. The smallest absolute Gasteiger partial charge is 0.249 e. The maximum absolute atomic E-state index is 12.7. The van der Waals surface area contributed by atoms with E-state index in [1.165, 1.54) is 41.6 Å². The summed E-state index contributed by atoms with van der Waals surface area (Å²) in [4.78, 5) is 39.9. The first-order valence-corrected chi connectivity index (χ1v) is 44.1. The van der Waals surface area contributed by atoms with Gasteiger partial charge in [-0.1, -0.05) is 243 Å². The summed E-state index contributed by atoms with van der Waals surface area (Å²) in [6, 6.07) is 83.9. The molecular weight excluding hydrogens is 2190 g/mol. The van der Waals surface area contributed by atoms with Crippen LogP contribution in [0.1, 0.15) is 44.5 Å². The summed E-state index contributed by atoms with van der Waals surface area (Å²) < 4.78 is 85.1. The fourth-order valence-electron chi connectivity index (χ4n) is 9.22. The molecule has 0 aliphatic rings. The number of hydrogen-bond acceptors (Lipinski definition) is 16. The lowest BCUT2D eigenvalue weighted by molar-refractivity contribution is 0.284. The van der Waals surface area contributed by atoms with Crippen LogP contribution in [-0.4, -0.2) is 51.4 Å². The van der Waals surface area contributed by atoms with Gasteiger partial charge >= 0.3 is 0 Å². The van der Waals surface area contributed by atoms with Crippen LogP contribution in [0.25, 0.3) is 0 Å². The van der Waals surface area contributed by atoms with E-state index in [1.54, 1.807) is 57.7 Å². The summed E-state index contributed by atoms with van der Waals surface area (Å²) >= 11 is 31.2. The minimum atomic E-state index is -0.577. The number of alkyl halides is 1. The molecule has 0 unspecified atom stereocenters. The molecule has 14 aromatic rings. The third-order valence-corrected chi connectivity index (χ3v) is 21.9. The highest BCUT2D eigenvalue weighted by Gasteiger charge is 2.12. The van der Waals surface area contributed by atoms with E-state index >= 15 is 0 Å². The zero-order valence-electron chi connectivity index (χ0n) is 63.8. The fourth-order valence-corrected chi connectivity index (χ4v) is 14.1. The van der Waals surface area contributed by atoms with E-state index in [0.29, 0.717) is 64.2 Å². The van der Waals surface area contributed by atoms with Gasteiger partial charge in [-0.2, -0.15) is 21.4 Å². The lowest BCUT2D eigenvalue weighted by Crippen LogP contribution is -2.06. The summed E-state index contributed by atoms with van der Waals surface area (Å²) in [5, 5.41) is 9.81. The molecule has 0 fully saturated rings. The van der Waals surface area contributed by atoms with E-state index in [-0.39, 0.29) is 26.9 Å². The van der Waals surface area contributed by atoms with E-state index in [2.05, 4.69) is 127 Å². The Hall–Kier alpha value is -8.52. The van der Waals surface area contributed by atoms with Gasteiger partial charge in [0.25, 0.3) is 0 Å². The second-order valence-corrected chi connectivity index (χ2v) is 32.3. The quantitative estimate of drug-likeness (QED) is 0.00896. The summed E-state index contributed by atoms with van der Waals surface area (Å²) in [5.74, 6) is 5.76. The second-order valence-electron chi connectivity index (χ2n) is 24.1. The van der Waals surface area contributed by atoms with Crippen LogP contribution >= 0.6 is 170 Å². The van der Waals surface area contributed by atoms with Gasteiger partial charge in [-0.15, -0.1) is 11.8 Å². The van der Waals surface area contributed by atoms with Gasteiger partial charge in [0.1, 0.15) is 67.5 Å². The summed E-state index contributed by atoms with van der Waals surface area (Å²) in [7, 11) is 4.96. The van der Waals surface area contributed by atoms with E-state index in [9.17, 15) is 22.8 Å². The zero-order chi connectivity index (χ0) is 85.5. The van der Waals surface area contributed by atoms with Crippen molar-refractivity contribution < 1.29 is 56.2 Å². The molecule has 5 heterocycles. The number of thiol groups is 1. The Morgan fingerprint density at radius 1 is 0.420 bits per heavy atom. The van der Waals surface area contributed by atoms with Crippen molar-refractivity contribution in [2.24, 2.45) is 0 Å². The highest BCUT2D eigenvalue weighted by atomic mass is 127. The summed E-state index contributed by atoms with van der Waals surface area (Å²) in [6.07, 6.45) is 7.40. The van der Waals surface area contributed by atoms with Crippen LogP contribution in [0.2, 0.25) is 10.0 Å². The van der Waals surface area contributed by atoms with Gasteiger partial charge in [0, 0.05) is 64.0 Å². The Morgan fingerprint density at radius 2 is 0.773 bits per heavy atom. The first-order chi connectivity index (χ1) is 57.6. The monoisotopic (exact) mass is 2260 g/mol. The molecule has 0 bridgehead atoms. The van der Waals surface area contributed by atoms with Gasteiger partial charge in [0.15, 0.2) is 17.3 Å². The number of methoxy groups -OCH3 is 3. The zero-order valence-corrected chi connectivity index (χ0v) is 78.9. The molecule has 618 valence electrons. The van der Waals surface area contributed by atoms with Crippen molar-refractivity contribution in [2.45, 2.75) is 54.8 Å². The molecule has 3 N–H and O–H groups in total. The van der Waals surface area contributed by atoms with Gasteiger partial charge in [-0.25, -0.2) is 19.3 Å². The first-order valence-electron chi connectivity index (χ1n) is 35.5. The predicted octanol–water partition coefficient (Wildman–Crippen LogP) is 25.2. The summed E-state index contributed by atoms with van der Waals surface area (Å²) in [5.41, 5.74) is 8.88. The van der Waals surface area contributed by atoms with Crippen molar-refractivity contribution in [2.75, 3.05) is 21.3 Å². The molecule has 5 aromatic heterocycles. The number of nitrogens with zero attached hydrogens (tertiary/aromatic N) is 3. The minimum Gasteiger partial charge on any atom is -0.505 e. The van der Waals surface area contributed by atoms with Crippen LogP contribution in [0, 0.1) is 32.0 Å². The second kappa shape index (κ2) is 55.4. The molecule has 9 aromatic carbocycles. The van der Waals surface area contributed by atoms with Gasteiger partial charge < -0.3 is 53.0 Å². The Bertz CT molecular complexity index is 5380. The predicted molar refractivity (Wildman–Crippen MR) is 511 cm³/mol. The summed E-state index contributed by atoms with van der Waals surface area (Å²) in [6.45, 7) is 2.40. The number of aromatic nitrogens is 5. The first kappa shape index (κ1) is 97.6. The number of nitrogens with one attached hydrogen (secondary N) is 2. The molecule has 0 aliphatic carbocycles. The van der Waals surface area contributed by atoms with Crippen molar-refractivity contribution in [3.05, 3.63) is 410 Å². The number of thioether (sulfide) groups is 1. The molecule has 0 amide bonds. The van der Waals surface area contributed by atoms with Crippen molar-refractivity contribution >= 4 is 170 Å². The van der Waals surface area contributed by atoms with E-state index < -0.39 is 17.7 Å². The number of rotatable bonds is 23. The van der Waals surface area contributed by atoms with Crippen LogP contribution in [-0.2, 0) is 49.9 Å². The van der Waals surface area contributed by atoms with Crippen LogP contribution < -0.4 is 49.0 Å². The molecule has 0 radical (unpaired) electrons. The molecule has 0 atom stereocenters. The normalized spacial score (nSPS) is 10.0. The topological polar surface area (TPSA) is 198 Å². The van der Waals surface area contributed by atoms with Gasteiger partial charge in [0.05, 0.1) is 69.1 Å². The maximum atomic E-state index is 12.7. The molecule has 0 spiro atoms. The van der Waals surface area contributed by atoms with Crippen molar-refractivity contribution in [1.82, 2.24) is 24.9 Å². The Balaban J connectivity index is 0.000000194. The number of pyridine rings is 5. The number of H-pyrrole nitrogens is 2. The number of aromatic hydroxyl groups is 1. The number of ether oxygens (including phenoxy) is 8. The molecular formula is C90H78Br2Cl2F3I4N5O11S2. The van der Waals surface area contributed by atoms with Crippen molar-refractivity contribution in [1.29, 1.82) is 0 Å². The standard InChI is InChI=1S/C20H18INO3.C20H19NO3S.C12H9FINO.C12H10INO2.C8H10OS.C7H7Br.C6H2BrCl2F.C5H3FINO/c1-23-17-9-7-16(8-10-17)14-25-20-11-18(21)19(12-22-20)24-13-15-5-3-2-4-6-15;1-23-17-9-7-16(8-10-17)14-25-19-11-20(22)21-12-18(19)24-13-15-5-3-2-4-6-15;13-12-6-10(14)11(7-15-12)16-8-9-4-2-1-3-5-9;13-10-6-12(15)14-7-11(10)16-8-9-4-2-1-3-5-9;1-9-8-4-2-7(6-10)3-5-8;8-6-7-4-2-1-3-5-7;7-3-1-4(8)6(10)5(9)2-3;6-5-1-3(7)4(9)2-8-5/h2-12H,13-14H2,1H3;2-12H,13-14H2,1H3,(H,21,22);1-7H,8H2;1-7H,8H2,(H,14,15);2-5,10H,6H2,1H3;1-5H,6H2;1-2H;1-2,9H. The van der Waals surface area contributed by atoms with Crippen LogP contribution in [0.15, 0.2) is 317 Å². The highest BCUT2D eigenvalue weighted by Crippen LogP contribution is 2.33. The van der Waals surface area contributed by atoms with Gasteiger partial charge in [-0.3, -0.25) is 9.59 Å². The maximum Gasteiger partial charge on any atom is 0.249 e. The molecule has 119 heavy (non-hydrogen) atoms. The minimum absolute atomic E-state index is 0.0111. The highest BCUT2D eigenvalue weighted by molar-refractivity contribution is 14.1. The van der Waals surface area contributed by atoms with Crippen molar-refractivity contribution in [3.63, 3.8) is 0 Å². The van der Waals surface area contributed by atoms with Crippen LogP contribution in [0.3, 0.4) is 0 Å². The lowest BCUT2D eigenvalue weighted by atomic mass is 10.2.